The van der Waals surface area contributed by atoms with Gasteiger partial charge in [0.05, 0.1) is 11.8 Å². The van der Waals surface area contributed by atoms with Gasteiger partial charge in [-0.25, -0.2) is 4.79 Å². The number of nitrogens with two attached hydrogens (primary N) is 1. The molecule has 4 rings (SSSR count). The van der Waals surface area contributed by atoms with Crippen LogP contribution in [0.5, 0.6) is 5.75 Å². The zero-order valence-electron chi connectivity index (χ0n) is 17.4. The van der Waals surface area contributed by atoms with Crippen molar-refractivity contribution in [3.8, 4) is 16.9 Å². The Bertz CT molecular complexity index is 1070. The van der Waals surface area contributed by atoms with Crippen LogP contribution in [0.25, 0.3) is 11.1 Å². The summed E-state index contributed by atoms with van der Waals surface area (Å²) in [6.07, 6.45) is -3.06. The number of nitrogens with one attached hydrogen (secondary N) is 1. The number of aromatic hydroxyl groups is 1. The molecule has 6 N–H and O–H groups in total. The minimum Gasteiger partial charge on any atom is -0.505 e. The highest BCUT2D eigenvalue weighted by atomic mass is 16.5. The first-order chi connectivity index (χ1) is 15.5. The molecule has 0 aliphatic heterocycles. The summed E-state index contributed by atoms with van der Waals surface area (Å²) in [6.45, 7) is 0.292. The number of hydrogen-bond donors (Lipinski definition) is 5. The fourth-order valence-corrected chi connectivity index (χ4v) is 4.16. The number of aliphatic hydroxyl groups excluding tert-OH is 2. The molecule has 1 amide bonds. The lowest BCUT2D eigenvalue weighted by Crippen LogP contribution is -2.30. The lowest BCUT2D eigenvalue weighted by molar-refractivity contribution is 0.0124. The predicted molar refractivity (Wildman–Crippen MR) is 121 cm³/mol. The lowest BCUT2D eigenvalue weighted by atomic mass is 9.98. The molecule has 2 atom stereocenters. The summed E-state index contributed by atoms with van der Waals surface area (Å²) in [5.41, 5.74) is 10.4. The van der Waals surface area contributed by atoms with Gasteiger partial charge in [-0.05, 0) is 34.7 Å². The van der Waals surface area contributed by atoms with E-state index in [4.69, 9.17) is 10.5 Å². The summed E-state index contributed by atoms with van der Waals surface area (Å²) in [5, 5.41) is 33.1. The van der Waals surface area contributed by atoms with Crippen molar-refractivity contribution in [1.82, 2.24) is 5.32 Å². The highest BCUT2D eigenvalue weighted by molar-refractivity contribution is 5.79. The molecule has 7 nitrogen and oxygen atoms in total. The van der Waals surface area contributed by atoms with Crippen molar-refractivity contribution in [2.24, 2.45) is 0 Å². The quantitative estimate of drug-likeness (QED) is 0.287. The number of phenols is 1. The van der Waals surface area contributed by atoms with E-state index in [0.717, 1.165) is 22.3 Å². The Morgan fingerprint density at radius 2 is 1.59 bits per heavy atom. The number of anilines is 1. The molecule has 0 fully saturated rings. The Balaban J connectivity index is 1.29. The SMILES string of the molecule is Nc1cccc(C(O)C(O)CCNC(=O)OCC2c3ccccc3-c3ccccc32)c1O. The number of phenolic OH excluding ortho intramolecular Hbond substituents is 1. The molecule has 0 heterocycles. The Labute approximate surface area is 186 Å². The van der Waals surface area contributed by atoms with Crippen molar-refractivity contribution in [2.75, 3.05) is 18.9 Å². The number of hydrogen-bond acceptors (Lipinski definition) is 6. The van der Waals surface area contributed by atoms with Gasteiger partial charge in [-0.1, -0.05) is 60.7 Å². The van der Waals surface area contributed by atoms with E-state index in [9.17, 15) is 20.1 Å². The highest BCUT2D eigenvalue weighted by Gasteiger charge is 2.29. The van der Waals surface area contributed by atoms with E-state index in [2.05, 4.69) is 17.4 Å². The topological polar surface area (TPSA) is 125 Å². The van der Waals surface area contributed by atoms with E-state index in [-0.39, 0.29) is 42.5 Å². The van der Waals surface area contributed by atoms with Crippen molar-refractivity contribution >= 4 is 11.8 Å². The Morgan fingerprint density at radius 1 is 0.969 bits per heavy atom. The van der Waals surface area contributed by atoms with Crippen LogP contribution in [-0.2, 0) is 4.74 Å². The number of carbonyl (C=O) groups is 1. The molecule has 0 radical (unpaired) electrons. The van der Waals surface area contributed by atoms with E-state index < -0.39 is 18.3 Å². The van der Waals surface area contributed by atoms with Crippen LogP contribution in [0.1, 0.15) is 35.1 Å². The zero-order valence-corrected chi connectivity index (χ0v) is 17.4. The average molecular weight is 434 g/mol. The van der Waals surface area contributed by atoms with Crippen molar-refractivity contribution in [3.63, 3.8) is 0 Å². The number of fused-ring (bicyclic) bond motifs is 3. The van der Waals surface area contributed by atoms with Crippen LogP contribution in [0.15, 0.2) is 66.7 Å². The Hall–Kier alpha value is -3.55. The van der Waals surface area contributed by atoms with Gasteiger partial charge < -0.3 is 31.1 Å². The van der Waals surface area contributed by atoms with Gasteiger partial charge in [0.15, 0.2) is 0 Å². The van der Waals surface area contributed by atoms with E-state index in [0.29, 0.717) is 0 Å². The molecule has 2 unspecified atom stereocenters. The summed E-state index contributed by atoms with van der Waals surface area (Å²) in [6, 6.07) is 20.7. The first-order valence-corrected chi connectivity index (χ1v) is 10.5. The van der Waals surface area contributed by atoms with Crippen molar-refractivity contribution in [3.05, 3.63) is 83.4 Å². The van der Waals surface area contributed by atoms with Crippen LogP contribution in [-0.4, -0.2) is 40.7 Å². The first-order valence-electron chi connectivity index (χ1n) is 10.5. The molecule has 0 saturated carbocycles. The van der Waals surface area contributed by atoms with Gasteiger partial charge in [0.1, 0.15) is 18.5 Å². The van der Waals surface area contributed by atoms with Crippen LogP contribution in [0.3, 0.4) is 0 Å². The number of rotatable bonds is 7. The maximum Gasteiger partial charge on any atom is 0.407 e. The number of carbonyl (C=O) groups excluding carboxylic acids is 1. The maximum atomic E-state index is 12.2. The second-order valence-electron chi connectivity index (χ2n) is 7.84. The number of aliphatic hydroxyl groups is 2. The molecule has 166 valence electrons. The van der Waals surface area contributed by atoms with Crippen LogP contribution in [0.4, 0.5) is 10.5 Å². The van der Waals surface area contributed by atoms with Gasteiger partial charge in [0, 0.05) is 18.0 Å². The molecule has 0 spiro atoms. The molecule has 0 bridgehead atoms. The van der Waals surface area contributed by atoms with E-state index in [1.165, 1.54) is 12.1 Å². The van der Waals surface area contributed by atoms with Crippen molar-refractivity contribution in [1.29, 1.82) is 0 Å². The maximum absolute atomic E-state index is 12.2. The fourth-order valence-electron chi connectivity index (χ4n) is 4.16. The van der Waals surface area contributed by atoms with E-state index in [1.807, 2.05) is 36.4 Å². The van der Waals surface area contributed by atoms with E-state index in [1.54, 1.807) is 6.07 Å². The number of nitrogen functional groups attached to an aromatic ring is 1. The standard InChI is InChI=1S/C25H26N2O5/c26-21-11-5-10-19(23(21)29)24(30)22(28)12-13-27-25(31)32-14-20-17-8-3-1-6-15(17)16-7-2-4-9-18(16)20/h1-11,20,22,24,28-30H,12-14,26H2,(H,27,31). The second-order valence-corrected chi connectivity index (χ2v) is 7.84. The molecule has 7 heteroatoms. The van der Waals surface area contributed by atoms with Crippen LogP contribution in [0, 0.1) is 0 Å². The van der Waals surface area contributed by atoms with Crippen LogP contribution in [0.2, 0.25) is 0 Å². The monoisotopic (exact) mass is 434 g/mol. The molecule has 32 heavy (non-hydrogen) atoms. The minimum absolute atomic E-state index is 0.0351. The molecule has 3 aromatic carbocycles. The first kappa shape index (κ1) is 21.7. The summed E-state index contributed by atoms with van der Waals surface area (Å²) in [4.78, 5) is 12.2. The second kappa shape index (κ2) is 9.30. The van der Waals surface area contributed by atoms with Gasteiger partial charge in [-0.15, -0.1) is 0 Å². The van der Waals surface area contributed by atoms with Crippen molar-refractivity contribution in [2.45, 2.75) is 24.5 Å². The van der Waals surface area contributed by atoms with Crippen LogP contribution >= 0.6 is 0 Å². The molecular weight excluding hydrogens is 408 g/mol. The molecule has 3 aromatic rings. The minimum atomic E-state index is -1.33. The predicted octanol–water partition coefficient (Wildman–Crippen LogP) is 3.30. The summed E-state index contributed by atoms with van der Waals surface area (Å²) in [5.74, 6) is -0.296. The van der Waals surface area contributed by atoms with Gasteiger partial charge in [-0.3, -0.25) is 0 Å². The smallest absolute Gasteiger partial charge is 0.407 e. The molecule has 1 aliphatic carbocycles. The van der Waals surface area contributed by atoms with Gasteiger partial charge in [0.2, 0.25) is 0 Å². The summed E-state index contributed by atoms with van der Waals surface area (Å²) in [7, 11) is 0. The molecule has 1 aliphatic rings. The van der Waals surface area contributed by atoms with Crippen LogP contribution < -0.4 is 11.1 Å². The number of ether oxygens (including phenoxy) is 1. The number of amides is 1. The van der Waals surface area contributed by atoms with Gasteiger partial charge in [0.25, 0.3) is 0 Å². The summed E-state index contributed by atoms with van der Waals surface area (Å²) >= 11 is 0. The number of benzene rings is 3. The fraction of sp³-hybridized carbons (Fsp3) is 0.240. The van der Waals surface area contributed by atoms with Gasteiger partial charge >= 0.3 is 6.09 Å². The molecule has 0 aromatic heterocycles. The normalized spacial score (nSPS) is 14.3. The average Bonchev–Trinajstić information content (AvgIpc) is 3.13. The number of alkyl carbamates (subject to hydrolysis) is 1. The zero-order chi connectivity index (χ0) is 22.7. The molecular formula is C25H26N2O5. The lowest BCUT2D eigenvalue weighted by Gasteiger charge is -2.20. The van der Waals surface area contributed by atoms with Crippen molar-refractivity contribution < 1.29 is 24.9 Å². The van der Waals surface area contributed by atoms with Gasteiger partial charge in [-0.2, -0.15) is 0 Å². The number of para-hydroxylation sites is 1. The third kappa shape index (κ3) is 4.26. The molecule has 0 saturated heterocycles. The Kier molecular flexibility index (Phi) is 6.30. The largest absolute Gasteiger partial charge is 0.505 e. The third-order valence-corrected chi connectivity index (χ3v) is 5.83. The Morgan fingerprint density at radius 3 is 2.25 bits per heavy atom. The summed E-state index contributed by atoms with van der Waals surface area (Å²) < 4.78 is 5.45. The van der Waals surface area contributed by atoms with E-state index >= 15 is 0 Å². The third-order valence-electron chi connectivity index (χ3n) is 5.83. The highest BCUT2D eigenvalue weighted by Crippen LogP contribution is 2.44.